The summed E-state index contributed by atoms with van der Waals surface area (Å²) < 4.78 is 0. The van der Waals surface area contributed by atoms with Crippen molar-refractivity contribution in [3.8, 4) is 0 Å². The van der Waals surface area contributed by atoms with Crippen LogP contribution in [0, 0.1) is 0 Å². The summed E-state index contributed by atoms with van der Waals surface area (Å²) in [6.45, 7) is 2.27. The van der Waals surface area contributed by atoms with E-state index in [2.05, 4.69) is 0 Å². The molecule has 1 N–H and O–H groups in total. The van der Waals surface area contributed by atoms with Crippen molar-refractivity contribution in [2.75, 3.05) is 19.6 Å². The molecule has 118 valence electrons. The molecule has 2 heterocycles. The average Bonchev–Trinajstić information content (AvgIpc) is 3.08. The molecule has 0 bridgehead atoms. The second-order valence-electron chi connectivity index (χ2n) is 6.93. The number of likely N-dealkylation sites (tertiary alicyclic amines) is 2. The quantitative estimate of drug-likeness (QED) is 0.853. The zero-order valence-electron chi connectivity index (χ0n) is 12.7. The molecular formula is C16H26N2O3. The Hall–Kier alpha value is -1.10. The number of carbonyl (C=O) groups is 2. The average molecular weight is 294 g/mol. The molecule has 3 fully saturated rings. The van der Waals surface area contributed by atoms with Gasteiger partial charge in [-0.1, -0.05) is 12.8 Å². The van der Waals surface area contributed by atoms with Gasteiger partial charge >= 0.3 is 0 Å². The lowest BCUT2D eigenvalue weighted by Gasteiger charge is -2.38. The Morgan fingerprint density at radius 3 is 2.62 bits per heavy atom. The Morgan fingerprint density at radius 2 is 1.95 bits per heavy atom. The highest BCUT2D eigenvalue weighted by Gasteiger charge is 2.37. The van der Waals surface area contributed by atoms with E-state index in [1.807, 2.05) is 9.80 Å². The normalized spacial score (nSPS) is 29.2. The number of rotatable bonds is 3. The summed E-state index contributed by atoms with van der Waals surface area (Å²) >= 11 is 0. The maximum Gasteiger partial charge on any atom is 0.225 e. The minimum atomic E-state index is -0.770. The van der Waals surface area contributed by atoms with Gasteiger partial charge in [-0.2, -0.15) is 0 Å². The zero-order chi connectivity index (χ0) is 14.9. The lowest BCUT2D eigenvalue weighted by atomic mass is 9.96. The Labute approximate surface area is 126 Å². The Balaban J connectivity index is 1.57. The standard InChI is InChI=1S/C16H26N2O3/c19-14-6-4-10-18(14)13-5-3-9-17(12-13)15(20)11-16(21)7-1-2-8-16/h13,21H,1-12H2. The van der Waals surface area contributed by atoms with E-state index >= 15 is 0 Å². The Kier molecular flexibility index (Phi) is 4.20. The lowest BCUT2D eigenvalue weighted by molar-refractivity contribution is -0.141. The first kappa shape index (κ1) is 14.8. The molecule has 1 atom stereocenters. The molecule has 2 amide bonds. The van der Waals surface area contributed by atoms with Gasteiger partial charge in [0, 0.05) is 32.1 Å². The fourth-order valence-corrected chi connectivity index (χ4v) is 4.09. The Morgan fingerprint density at radius 1 is 1.19 bits per heavy atom. The summed E-state index contributed by atoms with van der Waals surface area (Å²) in [6, 6.07) is 0.191. The van der Waals surface area contributed by atoms with Gasteiger partial charge in [0.05, 0.1) is 12.0 Å². The SMILES string of the molecule is O=C(CC1(O)CCCC1)N1CCCC(N2CCCC2=O)C1. The van der Waals surface area contributed by atoms with Gasteiger partial charge in [-0.05, 0) is 32.1 Å². The molecule has 2 saturated heterocycles. The highest BCUT2D eigenvalue weighted by Crippen LogP contribution is 2.33. The first-order chi connectivity index (χ1) is 10.1. The third-order valence-electron chi connectivity index (χ3n) is 5.31. The molecule has 0 aromatic carbocycles. The number of hydrogen-bond acceptors (Lipinski definition) is 3. The van der Waals surface area contributed by atoms with Crippen molar-refractivity contribution < 1.29 is 14.7 Å². The zero-order valence-corrected chi connectivity index (χ0v) is 12.7. The third-order valence-corrected chi connectivity index (χ3v) is 5.31. The van der Waals surface area contributed by atoms with Gasteiger partial charge in [0.2, 0.25) is 11.8 Å². The highest BCUT2D eigenvalue weighted by molar-refractivity contribution is 5.79. The largest absolute Gasteiger partial charge is 0.389 e. The van der Waals surface area contributed by atoms with E-state index in [0.717, 1.165) is 58.0 Å². The van der Waals surface area contributed by atoms with Crippen LogP contribution in [0.4, 0.5) is 0 Å². The molecule has 21 heavy (non-hydrogen) atoms. The first-order valence-electron chi connectivity index (χ1n) is 8.37. The first-order valence-corrected chi connectivity index (χ1v) is 8.37. The van der Waals surface area contributed by atoms with Crippen LogP contribution in [0.15, 0.2) is 0 Å². The van der Waals surface area contributed by atoms with Crippen LogP contribution in [0.25, 0.3) is 0 Å². The van der Waals surface area contributed by atoms with Crippen LogP contribution >= 0.6 is 0 Å². The van der Waals surface area contributed by atoms with Crippen LogP contribution < -0.4 is 0 Å². The fourth-order valence-electron chi connectivity index (χ4n) is 4.09. The molecular weight excluding hydrogens is 268 g/mol. The smallest absolute Gasteiger partial charge is 0.225 e. The van der Waals surface area contributed by atoms with Gasteiger partial charge in [0.1, 0.15) is 0 Å². The maximum atomic E-state index is 12.5. The molecule has 0 spiro atoms. The molecule has 0 aromatic heterocycles. The molecule has 2 aliphatic heterocycles. The van der Waals surface area contributed by atoms with E-state index in [4.69, 9.17) is 0 Å². The summed E-state index contributed by atoms with van der Waals surface area (Å²) in [7, 11) is 0. The molecule has 1 saturated carbocycles. The van der Waals surface area contributed by atoms with E-state index < -0.39 is 5.60 Å². The van der Waals surface area contributed by atoms with Crippen LogP contribution in [0.3, 0.4) is 0 Å². The number of piperidine rings is 1. The van der Waals surface area contributed by atoms with Crippen molar-refractivity contribution in [2.45, 2.75) is 69.4 Å². The van der Waals surface area contributed by atoms with Crippen LogP contribution in [0.1, 0.15) is 57.8 Å². The Bertz CT molecular complexity index is 418. The summed E-state index contributed by atoms with van der Waals surface area (Å²) in [4.78, 5) is 28.2. The monoisotopic (exact) mass is 294 g/mol. The van der Waals surface area contributed by atoms with Gasteiger partial charge in [0.25, 0.3) is 0 Å². The summed E-state index contributed by atoms with van der Waals surface area (Å²) in [5.74, 6) is 0.305. The van der Waals surface area contributed by atoms with Crippen molar-refractivity contribution >= 4 is 11.8 Å². The van der Waals surface area contributed by atoms with Crippen LogP contribution in [-0.4, -0.2) is 58.0 Å². The number of aliphatic hydroxyl groups is 1. The van der Waals surface area contributed by atoms with Gasteiger partial charge < -0.3 is 14.9 Å². The van der Waals surface area contributed by atoms with Gasteiger partial charge in [-0.15, -0.1) is 0 Å². The lowest BCUT2D eigenvalue weighted by Crippen LogP contribution is -2.51. The van der Waals surface area contributed by atoms with E-state index in [0.29, 0.717) is 13.0 Å². The van der Waals surface area contributed by atoms with Gasteiger partial charge in [0.15, 0.2) is 0 Å². The van der Waals surface area contributed by atoms with Crippen LogP contribution in [0.5, 0.6) is 0 Å². The molecule has 5 nitrogen and oxygen atoms in total. The highest BCUT2D eigenvalue weighted by atomic mass is 16.3. The van der Waals surface area contributed by atoms with Crippen molar-refractivity contribution in [1.29, 1.82) is 0 Å². The molecule has 1 unspecified atom stereocenters. The number of amides is 2. The topological polar surface area (TPSA) is 60.9 Å². The summed E-state index contributed by atoms with van der Waals surface area (Å²) in [5, 5.41) is 10.4. The van der Waals surface area contributed by atoms with Gasteiger partial charge in [-0.25, -0.2) is 0 Å². The second-order valence-corrected chi connectivity index (χ2v) is 6.93. The van der Waals surface area contributed by atoms with Crippen LogP contribution in [0.2, 0.25) is 0 Å². The van der Waals surface area contributed by atoms with Crippen molar-refractivity contribution in [3.05, 3.63) is 0 Å². The number of nitrogens with zero attached hydrogens (tertiary/aromatic N) is 2. The summed E-state index contributed by atoms with van der Waals surface area (Å²) in [5.41, 5.74) is -0.770. The van der Waals surface area contributed by atoms with E-state index in [9.17, 15) is 14.7 Å². The van der Waals surface area contributed by atoms with E-state index in [1.165, 1.54) is 0 Å². The van der Waals surface area contributed by atoms with E-state index in [1.54, 1.807) is 0 Å². The fraction of sp³-hybridized carbons (Fsp3) is 0.875. The molecule has 0 aromatic rings. The predicted octanol–water partition coefficient (Wildman–Crippen LogP) is 1.30. The number of carbonyl (C=O) groups excluding carboxylic acids is 2. The minimum Gasteiger partial charge on any atom is -0.389 e. The van der Waals surface area contributed by atoms with Crippen molar-refractivity contribution in [2.24, 2.45) is 0 Å². The minimum absolute atomic E-state index is 0.0655. The molecule has 3 rings (SSSR count). The van der Waals surface area contributed by atoms with Gasteiger partial charge in [-0.3, -0.25) is 9.59 Å². The van der Waals surface area contributed by atoms with Crippen LogP contribution in [-0.2, 0) is 9.59 Å². The maximum absolute atomic E-state index is 12.5. The van der Waals surface area contributed by atoms with Crippen molar-refractivity contribution in [1.82, 2.24) is 9.80 Å². The van der Waals surface area contributed by atoms with E-state index in [-0.39, 0.29) is 24.3 Å². The molecule has 0 radical (unpaired) electrons. The molecule has 3 aliphatic rings. The summed E-state index contributed by atoms with van der Waals surface area (Å²) in [6.07, 6.45) is 7.36. The number of hydrogen-bond donors (Lipinski definition) is 1. The molecule has 5 heteroatoms. The predicted molar refractivity (Wildman–Crippen MR) is 78.6 cm³/mol. The molecule has 1 aliphatic carbocycles. The van der Waals surface area contributed by atoms with Crippen molar-refractivity contribution in [3.63, 3.8) is 0 Å². The second kappa shape index (κ2) is 5.95. The third kappa shape index (κ3) is 3.23.